The van der Waals surface area contributed by atoms with E-state index in [0.29, 0.717) is 5.69 Å². The van der Waals surface area contributed by atoms with Crippen LogP contribution in [0.2, 0.25) is 0 Å². The second kappa shape index (κ2) is 4.13. The lowest BCUT2D eigenvalue weighted by Crippen LogP contribution is -2.00. The van der Waals surface area contributed by atoms with Crippen LogP contribution in [0.1, 0.15) is 15.3 Å². The van der Waals surface area contributed by atoms with Crippen molar-refractivity contribution in [1.82, 2.24) is 4.98 Å². The summed E-state index contributed by atoms with van der Waals surface area (Å²) in [5.74, 6) is -0.305. The van der Waals surface area contributed by atoms with Crippen molar-refractivity contribution >= 4 is 22.6 Å². The molecule has 0 fully saturated rings. The molecule has 1 atom stereocenters. The molecule has 1 N–H and O–H groups in total. The standard InChI is InChI=1S/C8H9FINO/c1-5-6(9)2-3-8(11-5)7(10)4-12/h2-3,7,12H,4H2,1H3/t7-/m1/s1. The van der Waals surface area contributed by atoms with Gasteiger partial charge in [-0.15, -0.1) is 0 Å². The number of alkyl halides is 1. The first-order chi connectivity index (χ1) is 5.65. The third kappa shape index (κ3) is 2.13. The quantitative estimate of drug-likeness (QED) is 0.664. The number of hydrogen-bond acceptors (Lipinski definition) is 2. The molecule has 0 aliphatic carbocycles. The number of aryl methyl sites for hydroxylation is 1. The largest absolute Gasteiger partial charge is 0.395 e. The first kappa shape index (κ1) is 9.85. The number of hydrogen-bond donors (Lipinski definition) is 1. The Morgan fingerprint density at radius 1 is 1.67 bits per heavy atom. The summed E-state index contributed by atoms with van der Waals surface area (Å²) >= 11 is 2.06. The molecule has 0 bridgehead atoms. The van der Waals surface area contributed by atoms with Crippen LogP contribution in [-0.4, -0.2) is 16.7 Å². The van der Waals surface area contributed by atoms with Crippen LogP contribution in [0.5, 0.6) is 0 Å². The maximum atomic E-state index is 12.7. The Hall–Kier alpha value is -0.230. The highest BCUT2D eigenvalue weighted by molar-refractivity contribution is 14.1. The van der Waals surface area contributed by atoms with E-state index < -0.39 is 0 Å². The van der Waals surface area contributed by atoms with Crippen LogP contribution in [0.25, 0.3) is 0 Å². The highest BCUT2D eigenvalue weighted by atomic mass is 127. The topological polar surface area (TPSA) is 33.1 Å². The summed E-state index contributed by atoms with van der Waals surface area (Å²) in [6, 6.07) is 2.97. The molecule has 1 rings (SSSR count). The van der Waals surface area contributed by atoms with E-state index in [9.17, 15) is 4.39 Å². The number of pyridine rings is 1. The second-order valence-corrected chi connectivity index (χ2v) is 3.96. The summed E-state index contributed by atoms with van der Waals surface area (Å²) in [7, 11) is 0. The lowest BCUT2D eigenvalue weighted by Gasteiger charge is -2.06. The Kier molecular flexibility index (Phi) is 3.39. The van der Waals surface area contributed by atoms with E-state index in [2.05, 4.69) is 27.6 Å². The molecular formula is C8H9FINO. The predicted molar refractivity (Wildman–Crippen MR) is 52.8 cm³/mol. The molecule has 0 amide bonds. The van der Waals surface area contributed by atoms with Crippen LogP contribution < -0.4 is 0 Å². The summed E-state index contributed by atoms with van der Waals surface area (Å²) in [5, 5.41) is 8.81. The van der Waals surface area contributed by atoms with Crippen molar-refractivity contribution in [2.24, 2.45) is 0 Å². The molecule has 1 aromatic rings. The Labute approximate surface area is 84.0 Å². The van der Waals surface area contributed by atoms with Crippen LogP contribution >= 0.6 is 22.6 Å². The van der Waals surface area contributed by atoms with E-state index in [1.807, 2.05) is 0 Å². The van der Waals surface area contributed by atoms with Gasteiger partial charge in [-0.25, -0.2) is 4.39 Å². The first-order valence-corrected chi connectivity index (χ1v) is 4.77. The van der Waals surface area contributed by atoms with E-state index in [1.165, 1.54) is 6.07 Å². The van der Waals surface area contributed by atoms with Gasteiger partial charge in [0.15, 0.2) is 0 Å². The lowest BCUT2D eigenvalue weighted by molar-refractivity contribution is 0.299. The molecule has 0 aromatic carbocycles. The maximum Gasteiger partial charge on any atom is 0.144 e. The second-order valence-electron chi connectivity index (χ2n) is 2.45. The fourth-order valence-electron chi connectivity index (χ4n) is 0.831. The molecule has 0 saturated carbocycles. The summed E-state index contributed by atoms with van der Waals surface area (Å²) in [4.78, 5) is 4.00. The highest BCUT2D eigenvalue weighted by Crippen LogP contribution is 2.21. The smallest absolute Gasteiger partial charge is 0.144 e. The third-order valence-corrected chi connectivity index (χ3v) is 2.56. The fourth-order valence-corrected chi connectivity index (χ4v) is 1.18. The summed E-state index contributed by atoms with van der Waals surface area (Å²) in [5.41, 5.74) is 1.10. The Morgan fingerprint density at radius 3 is 2.83 bits per heavy atom. The lowest BCUT2D eigenvalue weighted by atomic mass is 10.2. The SMILES string of the molecule is Cc1nc([C@H](I)CO)ccc1F. The molecule has 66 valence electrons. The zero-order valence-corrected chi connectivity index (χ0v) is 8.75. The van der Waals surface area contributed by atoms with Gasteiger partial charge in [-0.3, -0.25) is 4.98 Å². The monoisotopic (exact) mass is 281 g/mol. The molecule has 1 heterocycles. The Morgan fingerprint density at radius 2 is 2.33 bits per heavy atom. The van der Waals surface area contributed by atoms with Gasteiger partial charge in [-0.1, -0.05) is 22.6 Å². The van der Waals surface area contributed by atoms with Gasteiger partial charge in [-0.2, -0.15) is 0 Å². The van der Waals surface area contributed by atoms with Crippen LogP contribution in [-0.2, 0) is 0 Å². The van der Waals surface area contributed by atoms with Gasteiger partial charge in [0, 0.05) is 0 Å². The molecule has 12 heavy (non-hydrogen) atoms. The molecule has 4 heteroatoms. The van der Waals surface area contributed by atoms with E-state index >= 15 is 0 Å². The molecule has 0 aliphatic rings. The molecule has 2 nitrogen and oxygen atoms in total. The van der Waals surface area contributed by atoms with Gasteiger partial charge in [0.1, 0.15) is 5.82 Å². The first-order valence-electron chi connectivity index (χ1n) is 3.53. The van der Waals surface area contributed by atoms with Gasteiger partial charge >= 0.3 is 0 Å². The number of aromatic nitrogens is 1. The third-order valence-electron chi connectivity index (χ3n) is 1.52. The fraction of sp³-hybridized carbons (Fsp3) is 0.375. The molecule has 0 unspecified atom stereocenters. The van der Waals surface area contributed by atoms with E-state index in [0.717, 1.165) is 5.69 Å². The average Bonchev–Trinajstić information content (AvgIpc) is 2.08. The molecule has 0 saturated heterocycles. The molecule has 1 aromatic heterocycles. The van der Waals surface area contributed by atoms with Crippen LogP contribution in [0.15, 0.2) is 12.1 Å². The molecule has 0 aliphatic heterocycles. The van der Waals surface area contributed by atoms with Gasteiger partial charge in [0.2, 0.25) is 0 Å². The predicted octanol–water partition coefficient (Wildman–Crippen LogP) is 2.00. The van der Waals surface area contributed by atoms with E-state index in [-0.39, 0.29) is 16.3 Å². The number of nitrogens with zero attached hydrogens (tertiary/aromatic N) is 1. The van der Waals surface area contributed by atoms with Gasteiger partial charge < -0.3 is 5.11 Å². The van der Waals surface area contributed by atoms with Gasteiger partial charge in [-0.05, 0) is 19.1 Å². The molecular weight excluding hydrogens is 272 g/mol. The Bertz CT molecular complexity index is 280. The molecule has 0 radical (unpaired) electrons. The van der Waals surface area contributed by atoms with Gasteiger partial charge in [0.05, 0.1) is 21.9 Å². The van der Waals surface area contributed by atoms with Crippen LogP contribution in [0, 0.1) is 12.7 Å². The molecule has 0 spiro atoms. The minimum atomic E-state index is -0.305. The summed E-state index contributed by atoms with van der Waals surface area (Å²) < 4.78 is 12.7. The van der Waals surface area contributed by atoms with Crippen molar-refractivity contribution < 1.29 is 9.50 Å². The van der Waals surface area contributed by atoms with Crippen molar-refractivity contribution in [2.45, 2.75) is 10.8 Å². The normalized spacial score (nSPS) is 13.0. The van der Waals surface area contributed by atoms with Gasteiger partial charge in [0.25, 0.3) is 0 Å². The number of aliphatic hydroxyl groups is 1. The van der Waals surface area contributed by atoms with Crippen molar-refractivity contribution in [3.05, 3.63) is 29.3 Å². The maximum absolute atomic E-state index is 12.7. The van der Waals surface area contributed by atoms with E-state index in [4.69, 9.17) is 5.11 Å². The summed E-state index contributed by atoms with van der Waals surface area (Å²) in [6.45, 7) is 1.64. The van der Waals surface area contributed by atoms with Crippen molar-refractivity contribution in [3.8, 4) is 0 Å². The Balaban J connectivity index is 2.96. The zero-order valence-electron chi connectivity index (χ0n) is 6.59. The van der Waals surface area contributed by atoms with E-state index in [1.54, 1.807) is 13.0 Å². The highest BCUT2D eigenvalue weighted by Gasteiger charge is 2.08. The van der Waals surface area contributed by atoms with Crippen molar-refractivity contribution in [1.29, 1.82) is 0 Å². The average molecular weight is 281 g/mol. The number of halogens is 2. The van der Waals surface area contributed by atoms with Crippen molar-refractivity contribution in [3.63, 3.8) is 0 Å². The van der Waals surface area contributed by atoms with Crippen LogP contribution in [0.4, 0.5) is 4.39 Å². The minimum absolute atomic E-state index is 0.0264. The zero-order chi connectivity index (χ0) is 9.14. The van der Waals surface area contributed by atoms with Crippen LogP contribution in [0.3, 0.4) is 0 Å². The summed E-state index contributed by atoms with van der Waals surface area (Å²) in [6.07, 6.45) is 0. The number of aliphatic hydroxyl groups excluding tert-OH is 1. The minimum Gasteiger partial charge on any atom is -0.395 e. The van der Waals surface area contributed by atoms with Crippen molar-refractivity contribution in [2.75, 3.05) is 6.61 Å². The number of rotatable bonds is 2.